The number of halogens is 1. The van der Waals surface area contributed by atoms with Crippen molar-refractivity contribution in [3.8, 4) is 11.5 Å². The van der Waals surface area contributed by atoms with Crippen molar-refractivity contribution in [1.29, 1.82) is 0 Å². The van der Waals surface area contributed by atoms with Gasteiger partial charge in [0.2, 0.25) is 0 Å². The number of rotatable bonds is 8. The van der Waals surface area contributed by atoms with Crippen molar-refractivity contribution < 1.29 is 14.3 Å². The Hall–Kier alpha value is -2.98. The first-order valence-electron chi connectivity index (χ1n) is 9.40. The lowest BCUT2D eigenvalue weighted by molar-refractivity contribution is 0.0745. The molecule has 150 valence electrons. The minimum atomic E-state index is -0.0348. The summed E-state index contributed by atoms with van der Waals surface area (Å²) in [7, 11) is 3.30. The molecule has 0 aliphatic heterocycles. The Balaban J connectivity index is 1.81. The second kappa shape index (κ2) is 9.99. The number of benzene rings is 3. The summed E-state index contributed by atoms with van der Waals surface area (Å²) in [5.74, 6) is 1.58. The van der Waals surface area contributed by atoms with E-state index in [9.17, 15) is 4.79 Å². The molecule has 1 amide bonds. The minimum Gasteiger partial charge on any atom is -0.497 e. The third-order valence-corrected chi connectivity index (χ3v) is 5.01. The summed E-state index contributed by atoms with van der Waals surface area (Å²) in [6.45, 7) is 1.06. The molecule has 0 unspecified atom stereocenters. The molecular weight excluding hydrogens is 386 g/mol. The van der Waals surface area contributed by atoms with Gasteiger partial charge in [-0.2, -0.15) is 0 Å². The highest BCUT2D eigenvalue weighted by Gasteiger charge is 2.17. The van der Waals surface area contributed by atoms with Crippen LogP contribution in [0.2, 0.25) is 5.02 Å². The summed E-state index contributed by atoms with van der Waals surface area (Å²) in [6, 6.07) is 22.6. The van der Waals surface area contributed by atoms with E-state index in [4.69, 9.17) is 21.1 Å². The fourth-order valence-electron chi connectivity index (χ4n) is 3.14. The number of nitrogens with zero attached hydrogens (tertiary/aromatic N) is 1. The molecule has 0 aliphatic carbocycles. The number of ether oxygens (including phenoxy) is 2. The van der Waals surface area contributed by atoms with E-state index >= 15 is 0 Å². The van der Waals surface area contributed by atoms with Crippen molar-refractivity contribution in [2.45, 2.75) is 13.0 Å². The molecule has 0 heterocycles. The van der Waals surface area contributed by atoms with E-state index in [1.807, 2.05) is 53.4 Å². The van der Waals surface area contributed by atoms with Crippen molar-refractivity contribution in [1.82, 2.24) is 4.90 Å². The van der Waals surface area contributed by atoms with E-state index < -0.39 is 0 Å². The van der Waals surface area contributed by atoms with Crippen LogP contribution >= 0.6 is 11.6 Å². The summed E-state index contributed by atoms with van der Waals surface area (Å²) in [6.07, 6.45) is 0.694. The highest BCUT2D eigenvalue weighted by molar-refractivity contribution is 6.30. The van der Waals surface area contributed by atoms with Crippen LogP contribution in [0.3, 0.4) is 0 Å². The number of para-hydroxylation sites is 1. The van der Waals surface area contributed by atoms with Gasteiger partial charge in [0.25, 0.3) is 5.91 Å². The Labute approximate surface area is 176 Å². The SMILES string of the molecule is COc1ccc(CN(CCc2ccccc2OC)C(=O)c2ccc(Cl)cc2)cc1. The molecule has 0 saturated carbocycles. The molecule has 3 aromatic rings. The van der Waals surface area contributed by atoms with Gasteiger partial charge in [-0.05, 0) is 60.0 Å². The highest BCUT2D eigenvalue weighted by Crippen LogP contribution is 2.20. The van der Waals surface area contributed by atoms with Gasteiger partial charge in [-0.15, -0.1) is 0 Å². The molecule has 0 aliphatic rings. The van der Waals surface area contributed by atoms with Crippen molar-refractivity contribution in [2.75, 3.05) is 20.8 Å². The fourth-order valence-corrected chi connectivity index (χ4v) is 3.27. The Morgan fingerprint density at radius 3 is 2.24 bits per heavy atom. The topological polar surface area (TPSA) is 38.8 Å². The fraction of sp³-hybridized carbons (Fsp3) is 0.208. The van der Waals surface area contributed by atoms with E-state index in [1.54, 1.807) is 38.5 Å². The monoisotopic (exact) mass is 409 g/mol. The number of hydrogen-bond donors (Lipinski definition) is 0. The number of hydrogen-bond acceptors (Lipinski definition) is 3. The highest BCUT2D eigenvalue weighted by atomic mass is 35.5. The quantitative estimate of drug-likeness (QED) is 0.510. The van der Waals surface area contributed by atoms with Gasteiger partial charge in [-0.3, -0.25) is 4.79 Å². The summed E-state index contributed by atoms with van der Waals surface area (Å²) < 4.78 is 10.7. The Bertz CT molecular complexity index is 939. The zero-order valence-corrected chi connectivity index (χ0v) is 17.4. The van der Waals surface area contributed by atoms with E-state index in [0.717, 1.165) is 22.6 Å². The van der Waals surface area contributed by atoms with Crippen LogP contribution < -0.4 is 9.47 Å². The maximum Gasteiger partial charge on any atom is 0.254 e. The van der Waals surface area contributed by atoms with E-state index in [1.165, 1.54) is 0 Å². The van der Waals surface area contributed by atoms with Crippen LogP contribution in [-0.4, -0.2) is 31.6 Å². The smallest absolute Gasteiger partial charge is 0.254 e. The van der Waals surface area contributed by atoms with Gasteiger partial charge < -0.3 is 14.4 Å². The molecule has 3 aromatic carbocycles. The maximum absolute atomic E-state index is 13.2. The summed E-state index contributed by atoms with van der Waals surface area (Å²) >= 11 is 5.98. The van der Waals surface area contributed by atoms with Gasteiger partial charge in [0.15, 0.2) is 0 Å². The van der Waals surface area contributed by atoms with E-state index in [0.29, 0.717) is 30.1 Å². The summed E-state index contributed by atoms with van der Waals surface area (Å²) in [4.78, 5) is 15.0. The second-order valence-corrected chi connectivity index (χ2v) is 7.08. The molecule has 29 heavy (non-hydrogen) atoms. The van der Waals surface area contributed by atoms with Crippen LogP contribution in [0.5, 0.6) is 11.5 Å². The minimum absolute atomic E-state index is 0.0348. The third kappa shape index (κ3) is 5.52. The predicted molar refractivity (Wildman–Crippen MR) is 116 cm³/mol. The third-order valence-electron chi connectivity index (χ3n) is 4.75. The summed E-state index contributed by atoms with van der Waals surface area (Å²) in [5.41, 5.74) is 2.72. The first-order chi connectivity index (χ1) is 14.1. The number of carbonyl (C=O) groups is 1. The van der Waals surface area contributed by atoms with Gasteiger partial charge in [-0.25, -0.2) is 0 Å². The average Bonchev–Trinajstić information content (AvgIpc) is 2.77. The van der Waals surface area contributed by atoms with Crippen LogP contribution in [0, 0.1) is 0 Å². The van der Waals surface area contributed by atoms with Crippen LogP contribution in [0.1, 0.15) is 21.5 Å². The Morgan fingerprint density at radius 2 is 1.59 bits per heavy atom. The molecule has 0 radical (unpaired) electrons. The van der Waals surface area contributed by atoms with Gasteiger partial charge in [0.05, 0.1) is 14.2 Å². The number of methoxy groups -OCH3 is 2. The van der Waals surface area contributed by atoms with Crippen LogP contribution in [0.15, 0.2) is 72.8 Å². The van der Waals surface area contributed by atoms with Crippen molar-refractivity contribution >= 4 is 17.5 Å². The molecule has 0 saturated heterocycles. The molecule has 0 bridgehead atoms. The van der Waals surface area contributed by atoms with Gasteiger partial charge in [0, 0.05) is 23.7 Å². The first kappa shape index (κ1) is 20.7. The molecule has 4 nitrogen and oxygen atoms in total. The Morgan fingerprint density at radius 1 is 0.897 bits per heavy atom. The Kier molecular flexibility index (Phi) is 7.14. The molecule has 0 aromatic heterocycles. The second-order valence-electron chi connectivity index (χ2n) is 6.64. The van der Waals surface area contributed by atoms with Gasteiger partial charge >= 0.3 is 0 Å². The van der Waals surface area contributed by atoms with E-state index in [-0.39, 0.29) is 5.91 Å². The van der Waals surface area contributed by atoms with Crippen LogP contribution in [-0.2, 0) is 13.0 Å². The largest absolute Gasteiger partial charge is 0.497 e. The number of amides is 1. The van der Waals surface area contributed by atoms with Gasteiger partial charge in [-0.1, -0.05) is 41.9 Å². The molecule has 0 fully saturated rings. The molecular formula is C24H24ClNO3. The molecule has 5 heteroatoms. The standard InChI is InChI=1S/C24H24ClNO3/c1-28-22-13-7-18(8-14-22)17-26(24(27)20-9-11-21(25)12-10-20)16-15-19-5-3-4-6-23(19)29-2/h3-14H,15-17H2,1-2H3. The lowest BCUT2D eigenvalue weighted by Crippen LogP contribution is -2.32. The first-order valence-corrected chi connectivity index (χ1v) is 9.78. The predicted octanol–water partition coefficient (Wildman–Crippen LogP) is 5.24. The normalized spacial score (nSPS) is 10.4. The summed E-state index contributed by atoms with van der Waals surface area (Å²) in [5, 5.41) is 0.609. The van der Waals surface area contributed by atoms with Crippen molar-refractivity contribution in [3.63, 3.8) is 0 Å². The maximum atomic E-state index is 13.2. The average molecular weight is 410 g/mol. The molecule has 0 atom stereocenters. The van der Waals surface area contributed by atoms with Crippen LogP contribution in [0.4, 0.5) is 0 Å². The molecule has 0 spiro atoms. The molecule has 3 rings (SSSR count). The lowest BCUT2D eigenvalue weighted by atomic mass is 10.1. The van der Waals surface area contributed by atoms with Crippen molar-refractivity contribution in [3.05, 3.63) is 94.5 Å². The molecule has 0 N–H and O–H groups in total. The van der Waals surface area contributed by atoms with E-state index in [2.05, 4.69) is 0 Å². The van der Waals surface area contributed by atoms with Crippen LogP contribution in [0.25, 0.3) is 0 Å². The lowest BCUT2D eigenvalue weighted by Gasteiger charge is -2.24. The van der Waals surface area contributed by atoms with Crippen molar-refractivity contribution in [2.24, 2.45) is 0 Å². The number of carbonyl (C=O) groups excluding carboxylic acids is 1. The van der Waals surface area contributed by atoms with Gasteiger partial charge in [0.1, 0.15) is 11.5 Å². The zero-order chi connectivity index (χ0) is 20.6. The zero-order valence-electron chi connectivity index (χ0n) is 16.6.